The van der Waals surface area contributed by atoms with E-state index < -0.39 is 0 Å². The summed E-state index contributed by atoms with van der Waals surface area (Å²) in [5.74, 6) is 1.39. The molecule has 0 spiro atoms. The highest BCUT2D eigenvalue weighted by molar-refractivity contribution is 5.81. The second-order valence-corrected chi connectivity index (χ2v) is 8.56. The highest BCUT2D eigenvalue weighted by Crippen LogP contribution is 2.41. The van der Waals surface area contributed by atoms with Gasteiger partial charge in [-0.05, 0) is 43.7 Å². The molecule has 4 aromatic rings. The fourth-order valence-electron chi connectivity index (χ4n) is 4.43. The molecule has 2 fully saturated rings. The summed E-state index contributed by atoms with van der Waals surface area (Å²) < 4.78 is 2.13. The summed E-state index contributed by atoms with van der Waals surface area (Å²) in [6.45, 7) is 0. The zero-order chi connectivity index (χ0) is 19.4. The van der Waals surface area contributed by atoms with Crippen molar-refractivity contribution in [2.45, 2.75) is 43.6 Å². The first-order chi connectivity index (χ1) is 14.2. The van der Waals surface area contributed by atoms with Crippen molar-refractivity contribution in [1.29, 1.82) is 0 Å². The van der Waals surface area contributed by atoms with Crippen molar-refractivity contribution < 1.29 is 0 Å². The number of rotatable bonds is 4. The Morgan fingerprint density at radius 3 is 2.28 bits per heavy atom. The average Bonchev–Trinajstić information content (AvgIpc) is 3.53. The van der Waals surface area contributed by atoms with Crippen molar-refractivity contribution in [2.75, 3.05) is 0 Å². The Hall–Kier alpha value is -2.98. The first-order valence-electron chi connectivity index (χ1n) is 10.6. The van der Waals surface area contributed by atoms with E-state index in [-0.39, 0.29) is 5.54 Å². The molecule has 2 saturated carbocycles. The van der Waals surface area contributed by atoms with Crippen LogP contribution >= 0.6 is 0 Å². The van der Waals surface area contributed by atoms with Gasteiger partial charge in [-0.1, -0.05) is 54.6 Å². The van der Waals surface area contributed by atoms with Gasteiger partial charge in [-0.15, -0.1) is 0 Å². The van der Waals surface area contributed by atoms with Crippen LogP contribution in [0.25, 0.3) is 28.3 Å². The smallest absolute Gasteiger partial charge is 0.235 e. The van der Waals surface area contributed by atoms with Crippen LogP contribution < -0.4 is 5.73 Å². The van der Waals surface area contributed by atoms with Crippen LogP contribution in [0, 0.1) is 0 Å². The molecule has 0 radical (unpaired) electrons. The Labute approximate surface area is 170 Å². The molecule has 2 aromatic heterocycles. The van der Waals surface area contributed by atoms with Crippen LogP contribution in [-0.2, 0) is 5.54 Å². The van der Waals surface area contributed by atoms with Crippen LogP contribution in [0.4, 0.5) is 0 Å². The minimum Gasteiger partial charge on any atom is -0.321 e. The van der Waals surface area contributed by atoms with Crippen LogP contribution in [0.2, 0.25) is 0 Å². The predicted octanol–water partition coefficient (Wildman–Crippen LogP) is 5.28. The van der Waals surface area contributed by atoms with Gasteiger partial charge in [0.2, 0.25) is 5.78 Å². The van der Waals surface area contributed by atoms with Crippen molar-refractivity contribution in [3.05, 3.63) is 78.1 Å². The van der Waals surface area contributed by atoms with Crippen LogP contribution in [0.15, 0.2) is 66.9 Å². The number of nitrogens with zero attached hydrogens (tertiary/aromatic N) is 3. The molecular weight excluding hydrogens is 356 g/mol. The maximum atomic E-state index is 6.52. The number of benzene rings is 2. The normalized spacial score (nSPS) is 18.0. The van der Waals surface area contributed by atoms with Gasteiger partial charge in [0.05, 0.1) is 11.4 Å². The molecule has 0 amide bonds. The molecule has 0 bridgehead atoms. The number of nitrogens with two attached hydrogens (primary N) is 1. The van der Waals surface area contributed by atoms with Gasteiger partial charge in [0, 0.05) is 34.5 Å². The molecule has 2 aromatic carbocycles. The Morgan fingerprint density at radius 2 is 1.62 bits per heavy atom. The number of hydrogen-bond donors (Lipinski definition) is 1. The Kier molecular flexibility index (Phi) is 3.65. The highest BCUT2D eigenvalue weighted by Gasteiger charge is 2.34. The van der Waals surface area contributed by atoms with E-state index in [1.54, 1.807) is 0 Å². The summed E-state index contributed by atoms with van der Waals surface area (Å²) >= 11 is 0. The van der Waals surface area contributed by atoms with E-state index in [4.69, 9.17) is 15.7 Å². The Bertz CT molecular complexity index is 1180. The largest absolute Gasteiger partial charge is 0.321 e. The van der Waals surface area contributed by atoms with Crippen molar-refractivity contribution in [3.8, 4) is 22.5 Å². The van der Waals surface area contributed by atoms with E-state index in [2.05, 4.69) is 65.2 Å². The van der Waals surface area contributed by atoms with E-state index in [1.807, 2.05) is 6.07 Å². The lowest BCUT2D eigenvalue weighted by Gasteiger charge is -2.38. The zero-order valence-corrected chi connectivity index (χ0v) is 16.4. The number of aromatic nitrogens is 3. The number of hydrogen-bond acceptors (Lipinski definition) is 3. The lowest BCUT2D eigenvalue weighted by molar-refractivity contribution is 0.253. The fraction of sp³-hybridized carbons (Fsp3) is 0.280. The molecule has 2 aliphatic carbocycles. The zero-order valence-electron chi connectivity index (χ0n) is 16.4. The average molecular weight is 380 g/mol. The minimum atomic E-state index is -0.138. The Morgan fingerprint density at radius 1 is 0.862 bits per heavy atom. The van der Waals surface area contributed by atoms with Crippen molar-refractivity contribution in [3.63, 3.8) is 0 Å². The van der Waals surface area contributed by atoms with Crippen molar-refractivity contribution >= 4 is 5.78 Å². The molecule has 0 atom stereocenters. The predicted molar refractivity (Wildman–Crippen MR) is 116 cm³/mol. The van der Waals surface area contributed by atoms with Gasteiger partial charge in [-0.2, -0.15) is 0 Å². The fourth-order valence-corrected chi connectivity index (χ4v) is 4.43. The highest BCUT2D eigenvalue weighted by atomic mass is 15.1. The maximum Gasteiger partial charge on any atom is 0.235 e. The third kappa shape index (κ3) is 2.78. The number of imidazole rings is 1. The first kappa shape index (κ1) is 16.9. The summed E-state index contributed by atoms with van der Waals surface area (Å²) in [5, 5.41) is 0. The molecular formula is C25H24N4. The molecule has 4 nitrogen and oxygen atoms in total. The van der Waals surface area contributed by atoms with Crippen molar-refractivity contribution in [2.24, 2.45) is 5.73 Å². The second-order valence-electron chi connectivity index (χ2n) is 8.56. The summed E-state index contributed by atoms with van der Waals surface area (Å²) in [7, 11) is 0. The molecule has 2 heterocycles. The lowest BCUT2D eigenvalue weighted by atomic mass is 9.72. The van der Waals surface area contributed by atoms with E-state index in [0.29, 0.717) is 5.92 Å². The quantitative estimate of drug-likeness (QED) is 0.524. The van der Waals surface area contributed by atoms with Gasteiger partial charge < -0.3 is 5.73 Å². The third-order valence-electron chi connectivity index (χ3n) is 6.54. The van der Waals surface area contributed by atoms with Gasteiger partial charge in [-0.25, -0.2) is 9.97 Å². The summed E-state index contributed by atoms with van der Waals surface area (Å²) in [4.78, 5) is 9.86. The SMILES string of the molecule is NC1(c2ccc(-c3nc4nc(C5CC5)ccn4c3-c3ccccc3)cc2)CCC1. The van der Waals surface area contributed by atoms with Gasteiger partial charge in [0.15, 0.2) is 0 Å². The first-order valence-corrected chi connectivity index (χ1v) is 10.6. The molecule has 29 heavy (non-hydrogen) atoms. The van der Waals surface area contributed by atoms with Gasteiger partial charge in [-0.3, -0.25) is 4.40 Å². The van der Waals surface area contributed by atoms with E-state index >= 15 is 0 Å². The van der Waals surface area contributed by atoms with Crippen LogP contribution in [-0.4, -0.2) is 14.4 Å². The summed E-state index contributed by atoms with van der Waals surface area (Å²) in [5.41, 5.74) is 13.1. The van der Waals surface area contributed by atoms with E-state index in [1.165, 1.54) is 30.5 Å². The minimum absolute atomic E-state index is 0.138. The van der Waals surface area contributed by atoms with E-state index in [9.17, 15) is 0 Å². The molecule has 2 aliphatic rings. The molecule has 0 unspecified atom stereocenters. The standard InChI is InChI=1S/C25H24N4/c26-25(14-4-15-25)20-11-9-18(10-12-20)22-23(19-5-2-1-3-6-19)29-16-13-21(17-7-8-17)27-24(29)28-22/h1-3,5-6,9-13,16-17H,4,7-8,14-15,26H2. The molecule has 6 rings (SSSR count). The van der Waals surface area contributed by atoms with Crippen LogP contribution in [0.3, 0.4) is 0 Å². The van der Waals surface area contributed by atoms with Gasteiger partial charge in [0.25, 0.3) is 0 Å². The third-order valence-corrected chi connectivity index (χ3v) is 6.54. The molecule has 2 N–H and O–H groups in total. The molecule has 4 heteroatoms. The molecule has 0 saturated heterocycles. The number of fused-ring (bicyclic) bond motifs is 1. The Balaban J connectivity index is 1.51. The maximum absolute atomic E-state index is 6.52. The summed E-state index contributed by atoms with van der Waals surface area (Å²) in [6.07, 6.45) is 7.98. The summed E-state index contributed by atoms with van der Waals surface area (Å²) in [6, 6.07) is 21.3. The lowest BCUT2D eigenvalue weighted by Crippen LogP contribution is -2.43. The second kappa shape index (κ2) is 6.26. The molecule has 144 valence electrons. The van der Waals surface area contributed by atoms with Crippen LogP contribution in [0.5, 0.6) is 0 Å². The van der Waals surface area contributed by atoms with Crippen LogP contribution in [0.1, 0.15) is 49.3 Å². The van der Waals surface area contributed by atoms with Gasteiger partial charge in [0.1, 0.15) is 0 Å². The molecule has 0 aliphatic heterocycles. The van der Waals surface area contributed by atoms with E-state index in [0.717, 1.165) is 41.1 Å². The van der Waals surface area contributed by atoms with Crippen molar-refractivity contribution in [1.82, 2.24) is 14.4 Å². The van der Waals surface area contributed by atoms with Gasteiger partial charge >= 0.3 is 0 Å². The monoisotopic (exact) mass is 380 g/mol. The topological polar surface area (TPSA) is 56.2 Å².